The number of para-hydroxylation sites is 1. The molecule has 2 heteroatoms. The lowest BCUT2D eigenvalue weighted by atomic mass is 10.0. The van der Waals surface area contributed by atoms with Gasteiger partial charge >= 0.3 is 0 Å². The zero-order valence-electron chi connectivity index (χ0n) is 9.48. The summed E-state index contributed by atoms with van der Waals surface area (Å²) < 4.78 is 0. The predicted octanol–water partition coefficient (Wildman–Crippen LogP) is 3.66. The summed E-state index contributed by atoms with van der Waals surface area (Å²) in [7, 11) is 0. The van der Waals surface area contributed by atoms with E-state index in [1.165, 1.54) is 0 Å². The largest absolute Gasteiger partial charge is 0.362 e. The molecule has 2 rings (SSSR count). The van der Waals surface area contributed by atoms with Crippen molar-refractivity contribution in [1.82, 2.24) is 0 Å². The Morgan fingerprint density at radius 3 is 2.35 bits per heavy atom. The molecular formula is C15H14N2. The highest BCUT2D eigenvalue weighted by atomic mass is 14.8. The normalized spacial score (nSPS) is 9.65. The molecule has 0 aliphatic rings. The summed E-state index contributed by atoms with van der Waals surface area (Å²) >= 11 is 0. The molecule has 0 saturated carbocycles. The lowest BCUT2D eigenvalue weighted by molar-refractivity contribution is 1.44. The fraction of sp³-hybridized carbons (Fsp3) is 0. The van der Waals surface area contributed by atoms with Crippen LogP contribution in [0.2, 0.25) is 0 Å². The highest BCUT2D eigenvalue weighted by molar-refractivity contribution is 6.14. The first-order valence-corrected chi connectivity index (χ1v) is 5.43. The van der Waals surface area contributed by atoms with Crippen LogP contribution in [-0.2, 0) is 0 Å². The van der Waals surface area contributed by atoms with E-state index in [4.69, 9.17) is 5.41 Å². The molecule has 0 aromatic heterocycles. The van der Waals surface area contributed by atoms with Crippen LogP contribution >= 0.6 is 0 Å². The van der Waals surface area contributed by atoms with Gasteiger partial charge in [0, 0.05) is 16.8 Å². The Balaban J connectivity index is 2.40. The minimum Gasteiger partial charge on any atom is -0.362 e. The van der Waals surface area contributed by atoms with Gasteiger partial charge in [-0.15, -0.1) is 0 Å². The van der Waals surface area contributed by atoms with E-state index in [-0.39, 0.29) is 0 Å². The topological polar surface area (TPSA) is 35.9 Å². The number of nitrogens with one attached hydrogen (secondary N) is 2. The van der Waals surface area contributed by atoms with Crippen molar-refractivity contribution in [3.63, 3.8) is 0 Å². The molecule has 2 N–H and O–H groups in total. The third kappa shape index (κ3) is 2.42. The lowest BCUT2D eigenvalue weighted by Crippen LogP contribution is -2.04. The highest BCUT2D eigenvalue weighted by Gasteiger charge is 2.07. The van der Waals surface area contributed by atoms with Gasteiger partial charge in [-0.05, 0) is 12.3 Å². The van der Waals surface area contributed by atoms with Crippen LogP contribution < -0.4 is 5.32 Å². The average molecular weight is 222 g/mol. The van der Waals surface area contributed by atoms with E-state index >= 15 is 0 Å². The molecule has 0 aliphatic carbocycles. The molecule has 0 unspecified atom stereocenters. The van der Waals surface area contributed by atoms with Gasteiger partial charge in [-0.25, -0.2) is 0 Å². The molecule has 2 aromatic carbocycles. The number of benzene rings is 2. The maximum absolute atomic E-state index is 8.22. The van der Waals surface area contributed by atoms with E-state index in [9.17, 15) is 0 Å². The van der Waals surface area contributed by atoms with Crippen molar-refractivity contribution < 1.29 is 0 Å². The Kier molecular flexibility index (Phi) is 3.36. The van der Waals surface area contributed by atoms with E-state index < -0.39 is 0 Å². The summed E-state index contributed by atoms with van der Waals surface area (Å²) in [5, 5.41) is 11.3. The molecule has 0 heterocycles. The summed E-state index contributed by atoms with van der Waals surface area (Å²) in [6, 6.07) is 17.4. The van der Waals surface area contributed by atoms with Gasteiger partial charge in [0.05, 0.1) is 5.71 Å². The van der Waals surface area contributed by atoms with Crippen molar-refractivity contribution in [2.24, 2.45) is 0 Å². The van der Waals surface area contributed by atoms with Crippen molar-refractivity contribution in [1.29, 1.82) is 5.41 Å². The van der Waals surface area contributed by atoms with E-state index in [1.807, 2.05) is 54.6 Å². The van der Waals surface area contributed by atoms with Crippen LogP contribution in [0.15, 0.2) is 67.4 Å². The zero-order valence-corrected chi connectivity index (χ0v) is 9.48. The van der Waals surface area contributed by atoms with Gasteiger partial charge in [0.2, 0.25) is 0 Å². The zero-order chi connectivity index (χ0) is 12.1. The Hall–Kier alpha value is -2.35. The van der Waals surface area contributed by atoms with Gasteiger partial charge in [0.15, 0.2) is 0 Å². The molecule has 0 bridgehead atoms. The lowest BCUT2D eigenvalue weighted by Gasteiger charge is -2.10. The molecule has 0 spiro atoms. The minimum absolute atomic E-state index is 0.510. The summed E-state index contributed by atoms with van der Waals surface area (Å²) in [5.74, 6) is 0. The second-order valence-electron chi connectivity index (χ2n) is 3.64. The Bertz CT molecular complexity index is 530. The molecule has 0 atom stereocenters. The second kappa shape index (κ2) is 5.12. The number of hydrogen-bond acceptors (Lipinski definition) is 2. The molecule has 0 fully saturated rings. The molecular weight excluding hydrogens is 208 g/mol. The summed E-state index contributed by atoms with van der Waals surface area (Å²) in [4.78, 5) is 0. The molecule has 17 heavy (non-hydrogen) atoms. The number of anilines is 1. The molecule has 2 nitrogen and oxygen atoms in total. The van der Waals surface area contributed by atoms with Crippen LogP contribution in [0.3, 0.4) is 0 Å². The van der Waals surface area contributed by atoms with Gasteiger partial charge in [-0.1, -0.05) is 55.1 Å². The van der Waals surface area contributed by atoms with Gasteiger partial charge in [-0.3, -0.25) is 5.41 Å². The van der Waals surface area contributed by atoms with Crippen molar-refractivity contribution >= 4 is 11.4 Å². The maximum atomic E-state index is 8.22. The minimum atomic E-state index is 0.510. The first-order chi connectivity index (χ1) is 8.33. The predicted molar refractivity (Wildman–Crippen MR) is 72.6 cm³/mol. The van der Waals surface area contributed by atoms with Crippen LogP contribution in [0.5, 0.6) is 0 Å². The Morgan fingerprint density at radius 2 is 1.65 bits per heavy atom. The molecule has 0 saturated heterocycles. The van der Waals surface area contributed by atoms with Crippen LogP contribution in [-0.4, -0.2) is 5.71 Å². The number of hydrogen-bond donors (Lipinski definition) is 2. The number of rotatable bonds is 4. The molecule has 84 valence electrons. The Morgan fingerprint density at radius 1 is 1.00 bits per heavy atom. The smallest absolute Gasteiger partial charge is 0.0705 e. The van der Waals surface area contributed by atoms with Crippen LogP contribution in [0.4, 0.5) is 5.69 Å². The molecule has 0 aliphatic heterocycles. The third-order valence-corrected chi connectivity index (χ3v) is 2.52. The van der Waals surface area contributed by atoms with E-state index in [0.29, 0.717) is 5.71 Å². The van der Waals surface area contributed by atoms with Crippen LogP contribution in [0.1, 0.15) is 11.1 Å². The third-order valence-electron chi connectivity index (χ3n) is 2.52. The first-order valence-electron chi connectivity index (χ1n) is 5.43. The quantitative estimate of drug-likeness (QED) is 0.761. The molecule has 0 radical (unpaired) electrons. The van der Waals surface area contributed by atoms with E-state index in [1.54, 1.807) is 6.20 Å². The van der Waals surface area contributed by atoms with Crippen molar-refractivity contribution in [2.75, 3.05) is 5.32 Å². The summed E-state index contributed by atoms with van der Waals surface area (Å²) in [6.07, 6.45) is 1.62. The Labute approximate surface area is 101 Å². The van der Waals surface area contributed by atoms with Gasteiger partial charge < -0.3 is 5.32 Å². The van der Waals surface area contributed by atoms with E-state index in [2.05, 4.69) is 11.9 Å². The van der Waals surface area contributed by atoms with Crippen LogP contribution in [0.25, 0.3) is 0 Å². The average Bonchev–Trinajstić information content (AvgIpc) is 2.40. The van der Waals surface area contributed by atoms with Crippen molar-refractivity contribution in [3.8, 4) is 0 Å². The standard InChI is InChI=1S/C15H14N2/c1-2-17-14-11-7-6-10-13(14)15(16)12-8-4-3-5-9-12/h2-11,16-17H,1H2. The summed E-state index contributed by atoms with van der Waals surface area (Å²) in [5.41, 5.74) is 3.19. The SMILES string of the molecule is C=CNc1ccccc1C(=N)c1ccccc1. The first kappa shape index (κ1) is 11.1. The van der Waals surface area contributed by atoms with Gasteiger partial charge in [0.25, 0.3) is 0 Å². The molecule has 2 aromatic rings. The van der Waals surface area contributed by atoms with Gasteiger partial charge in [-0.2, -0.15) is 0 Å². The van der Waals surface area contributed by atoms with Crippen LogP contribution in [0, 0.1) is 5.41 Å². The van der Waals surface area contributed by atoms with Gasteiger partial charge in [0.1, 0.15) is 0 Å². The van der Waals surface area contributed by atoms with Crippen molar-refractivity contribution in [3.05, 3.63) is 78.5 Å². The fourth-order valence-corrected chi connectivity index (χ4v) is 1.70. The molecule has 0 amide bonds. The van der Waals surface area contributed by atoms with Crippen molar-refractivity contribution in [2.45, 2.75) is 0 Å². The fourth-order valence-electron chi connectivity index (χ4n) is 1.70. The highest BCUT2D eigenvalue weighted by Crippen LogP contribution is 2.18. The van der Waals surface area contributed by atoms with E-state index in [0.717, 1.165) is 16.8 Å². The monoisotopic (exact) mass is 222 g/mol. The summed E-state index contributed by atoms with van der Waals surface area (Å²) in [6.45, 7) is 3.65. The maximum Gasteiger partial charge on any atom is 0.0705 e. The second-order valence-corrected chi connectivity index (χ2v) is 3.64.